The number of aryl methyl sites for hydroxylation is 1. The van der Waals surface area contributed by atoms with Gasteiger partial charge in [0.1, 0.15) is 0 Å². The Labute approximate surface area is 126 Å². The minimum atomic E-state index is 0.736. The zero-order chi connectivity index (χ0) is 14.8. The van der Waals surface area contributed by atoms with Crippen molar-refractivity contribution >= 4 is 16.5 Å². The molecule has 0 atom stereocenters. The van der Waals surface area contributed by atoms with Crippen molar-refractivity contribution in [2.45, 2.75) is 27.3 Å². The van der Waals surface area contributed by atoms with Gasteiger partial charge in [0.25, 0.3) is 0 Å². The summed E-state index contributed by atoms with van der Waals surface area (Å²) in [4.78, 5) is 8.24. The number of ether oxygens (including phenoxy) is 2. The number of nitrogens with zero attached hydrogens (tertiary/aromatic N) is 2. The van der Waals surface area contributed by atoms with Gasteiger partial charge in [0, 0.05) is 44.8 Å². The Morgan fingerprint density at radius 3 is 2.75 bits per heavy atom. The molecule has 0 aromatic carbocycles. The smallest absolute Gasteiger partial charge is 0.185 e. The highest BCUT2D eigenvalue weighted by Crippen LogP contribution is 2.25. The van der Waals surface area contributed by atoms with Gasteiger partial charge in [0.15, 0.2) is 5.13 Å². The number of methoxy groups -OCH3 is 1. The van der Waals surface area contributed by atoms with Gasteiger partial charge in [0.05, 0.1) is 18.9 Å². The summed E-state index contributed by atoms with van der Waals surface area (Å²) in [5.41, 5.74) is 1.12. The summed E-state index contributed by atoms with van der Waals surface area (Å²) in [7, 11) is 1.72. The third kappa shape index (κ3) is 5.75. The van der Waals surface area contributed by atoms with Crippen molar-refractivity contribution in [3.05, 3.63) is 10.6 Å². The summed E-state index contributed by atoms with van der Waals surface area (Å²) in [6.07, 6.45) is 0. The molecule has 1 rings (SSSR count). The van der Waals surface area contributed by atoms with Crippen molar-refractivity contribution < 1.29 is 9.47 Å². The lowest BCUT2D eigenvalue weighted by atomic mass is 10.4. The molecule has 1 N–H and O–H groups in total. The molecule has 0 radical (unpaired) electrons. The summed E-state index contributed by atoms with van der Waals surface area (Å²) in [6, 6.07) is 0. The van der Waals surface area contributed by atoms with Gasteiger partial charge in [-0.25, -0.2) is 4.98 Å². The van der Waals surface area contributed by atoms with E-state index in [9.17, 15) is 0 Å². The second kappa shape index (κ2) is 10.1. The van der Waals surface area contributed by atoms with Gasteiger partial charge in [-0.1, -0.05) is 0 Å². The van der Waals surface area contributed by atoms with E-state index in [1.807, 2.05) is 6.92 Å². The fourth-order valence-corrected chi connectivity index (χ4v) is 2.92. The fourth-order valence-electron chi connectivity index (χ4n) is 1.80. The molecule has 0 saturated heterocycles. The van der Waals surface area contributed by atoms with Crippen LogP contribution in [0.15, 0.2) is 0 Å². The molecule has 1 aromatic heterocycles. The van der Waals surface area contributed by atoms with Crippen LogP contribution in [0, 0.1) is 6.92 Å². The molecule has 5 nitrogen and oxygen atoms in total. The molecule has 0 bridgehead atoms. The van der Waals surface area contributed by atoms with E-state index >= 15 is 0 Å². The summed E-state index contributed by atoms with van der Waals surface area (Å²) in [5, 5.41) is 4.46. The van der Waals surface area contributed by atoms with Gasteiger partial charge in [-0.05, 0) is 20.8 Å². The highest BCUT2D eigenvalue weighted by atomic mass is 32.1. The predicted octanol–water partition coefficient (Wildman–Crippen LogP) is 2.05. The Bertz CT molecular complexity index is 371. The molecule has 1 aromatic rings. The first-order chi connectivity index (χ1) is 9.72. The third-order valence-electron chi connectivity index (χ3n) is 3.01. The number of likely N-dealkylation sites (N-methyl/N-ethyl adjacent to an activating group) is 1. The minimum Gasteiger partial charge on any atom is -0.383 e. The molecule has 0 spiro atoms. The van der Waals surface area contributed by atoms with Crippen LogP contribution in [0.2, 0.25) is 0 Å². The van der Waals surface area contributed by atoms with Crippen LogP contribution in [0.1, 0.15) is 24.4 Å². The molecule has 6 heteroatoms. The average molecular weight is 301 g/mol. The largest absolute Gasteiger partial charge is 0.383 e. The Kier molecular flexibility index (Phi) is 8.77. The number of thiazole rings is 1. The van der Waals surface area contributed by atoms with Gasteiger partial charge in [-0.15, -0.1) is 11.3 Å². The quantitative estimate of drug-likeness (QED) is 0.634. The molecule has 0 aliphatic rings. The number of nitrogens with one attached hydrogen (secondary N) is 1. The molecule has 1 heterocycles. The van der Waals surface area contributed by atoms with Crippen LogP contribution in [-0.4, -0.2) is 51.5 Å². The summed E-state index contributed by atoms with van der Waals surface area (Å²) >= 11 is 1.76. The number of aromatic nitrogens is 1. The zero-order valence-electron chi connectivity index (χ0n) is 13.1. The van der Waals surface area contributed by atoms with Gasteiger partial charge in [-0.2, -0.15) is 0 Å². The number of hydrogen-bond donors (Lipinski definition) is 1. The first-order valence-corrected chi connectivity index (χ1v) is 8.03. The fraction of sp³-hybridized carbons (Fsp3) is 0.786. The van der Waals surface area contributed by atoms with Crippen LogP contribution in [0.3, 0.4) is 0 Å². The minimum absolute atomic E-state index is 0.736. The van der Waals surface area contributed by atoms with E-state index in [2.05, 4.69) is 29.0 Å². The second-order valence-electron chi connectivity index (χ2n) is 4.45. The maximum absolute atomic E-state index is 5.43. The molecule has 20 heavy (non-hydrogen) atoms. The van der Waals surface area contributed by atoms with E-state index in [1.54, 1.807) is 18.4 Å². The molecular weight excluding hydrogens is 274 g/mol. The molecule has 116 valence electrons. The maximum Gasteiger partial charge on any atom is 0.185 e. The summed E-state index contributed by atoms with van der Waals surface area (Å²) < 4.78 is 10.5. The van der Waals surface area contributed by atoms with Gasteiger partial charge < -0.3 is 19.7 Å². The SMILES string of the molecule is CCOCCN(CC)c1nc(C)c(CNCCOC)s1. The van der Waals surface area contributed by atoms with Crippen LogP contribution < -0.4 is 10.2 Å². The lowest BCUT2D eigenvalue weighted by Crippen LogP contribution is -2.27. The predicted molar refractivity (Wildman–Crippen MR) is 84.8 cm³/mol. The van der Waals surface area contributed by atoms with E-state index in [0.717, 1.165) is 56.8 Å². The van der Waals surface area contributed by atoms with Gasteiger partial charge in [0.2, 0.25) is 0 Å². The molecular formula is C14H27N3O2S. The van der Waals surface area contributed by atoms with E-state index in [0.29, 0.717) is 0 Å². The van der Waals surface area contributed by atoms with Crippen molar-refractivity contribution in [3.8, 4) is 0 Å². The van der Waals surface area contributed by atoms with Crippen LogP contribution in [0.5, 0.6) is 0 Å². The molecule has 0 amide bonds. The van der Waals surface area contributed by atoms with E-state index in [-0.39, 0.29) is 0 Å². The van der Waals surface area contributed by atoms with E-state index in [1.165, 1.54) is 4.88 Å². The van der Waals surface area contributed by atoms with Crippen molar-refractivity contribution in [3.63, 3.8) is 0 Å². The van der Waals surface area contributed by atoms with E-state index in [4.69, 9.17) is 9.47 Å². The van der Waals surface area contributed by atoms with Gasteiger partial charge >= 0.3 is 0 Å². The van der Waals surface area contributed by atoms with Crippen LogP contribution in [0.4, 0.5) is 5.13 Å². The van der Waals surface area contributed by atoms with E-state index < -0.39 is 0 Å². The average Bonchev–Trinajstić information content (AvgIpc) is 2.81. The first-order valence-electron chi connectivity index (χ1n) is 7.21. The normalized spacial score (nSPS) is 11.0. The number of hydrogen-bond acceptors (Lipinski definition) is 6. The highest BCUT2D eigenvalue weighted by molar-refractivity contribution is 7.15. The molecule has 0 fully saturated rings. The van der Waals surface area contributed by atoms with Crippen molar-refractivity contribution in [1.29, 1.82) is 0 Å². The van der Waals surface area contributed by atoms with Crippen molar-refractivity contribution in [2.75, 3.05) is 51.5 Å². The monoisotopic (exact) mass is 301 g/mol. The number of anilines is 1. The topological polar surface area (TPSA) is 46.6 Å². The molecule has 0 aliphatic carbocycles. The lowest BCUT2D eigenvalue weighted by molar-refractivity contribution is 0.154. The lowest BCUT2D eigenvalue weighted by Gasteiger charge is -2.19. The molecule has 0 saturated carbocycles. The number of rotatable bonds is 11. The van der Waals surface area contributed by atoms with Crippen molar-refractivity contribution in [2.24, 2.45) is 0 Å². The Morgan fingerprint density at radius 2 is 2.10 bits per heavy atom. The zero-order valence-corrected chi connectivity index (χ0v) is 13.9. The maximum atomic E-state index is 5.43. The van der Waals surface area contributed by atoms with Crippen LogP contribution in [-0.2, 0) is 16.0 Å². The third-order valence-corrected chi connectivity index (χ3v) is 4.23. The Balaban J connectivity index is 2.52. The summed E-state index contributed by atoms with van der Waals surface area (Å²) in [5.74, 6) is 0. The standard InChI is InChI=1S/C14H27N3O2S/c1-5-17(8-10-19-6-2)14-16-12(3)13(20-14)11-15-7-9-18-4/h15H,5-11H2,1-4H3. The second-order valence-corrected chi connectivity index (χ2v) is 5.51. The van der Waals surface area contributed by atoms with Crippen LogP contribution >= 0.6 is 11.3 Å². The summed E-state index contributed by atoms with van der Waals surface area (Å²) in [6.45, 7) is 12.1. The highest BCUT2D eigenvalue weighted by Gasteiger charge is 2.12. The van der Waals surface area contributed by atoms with Gasteiger partial charge in [-0.3, -0.25) is 0 Å². The molecule has 0 unspecified atom stereocenters. The van der Waals surface area contributed by atoms with Crippen molar-refractivity contribution in [1.82, 2.24) is 10.3 Å². The molecule has 0 aliphatic heterocycles. The first kappa shape index (κ1) is 17.4. The Hall–Kier alpha value is -0.690. The Morgan fingerprint density at radius 1 is 1.30 bits per heavy atom. The van der Waals surface area contributed by atoms with Crippen LogP contribution in [0.25, 0.3) is 0 Å².